The van der Waals surface area contributed by atoms with Gasteiger partial charge in [-0.25, -0.2) is 4.90 Å². The number of halogens is 2. The van der Waals surface area contributed by atoms with Crippen molar-refractivity contribution in [1.29, 1.82) is 0 Å². The van der Waals surface area contributed by atoms with Crippen LogP contribution in [0.1, 0.15) is 15.9 Å². The number of nitrogens with zero attached hydrogens (tertiary/aromatic N) is 1. The average Bonchev–Trinajstić information content (AvgIpc) is 2.99. The Balaban J connectivity index is 1.55. The third-order valence-electron chi connectivity index (χ3n) is 4.88. The van der Waals surface area contributed by atoms with Crippen molar-refractivity contribution in [2.75, 3.05) is 15.5 Å². The van der Waals surface area contributed by atoms with Gasteiger partial charge >= 0.3 is 0 Å². The molecule has 6 nitrogen and oxygen atoms in total. The van der Waals surface area contributed by atoms with Crippen molar-refractivity contribution in [3.8, 4) is 0 Å². The molecule has 1 aliphatic heterocycles. The summed E-state index contributed by atoms with van der Waals surface area (Å²) in [5.74, 6) is -1.45. The molecule has 3 aromatic rings. The summed E-state index contributed by atoms with van der Waals surface area (Å²) < 4.78 is 1.06. The highest BCUT2D eigenvalue weighted by Crippen LogP contribution is 2.32. The van der Waals surface area contributed by atoms with Crippen LogP contribution in [0.4, 0.5) is 17.1 Å². The van der Waals surface area contributed by atoms with Crippen LogP contribution in [0.25, 0.3) is 0 Å². The van der Waals surface area contributed by atoms with E-state index in [0.29, 0.717) is 22.6 Å². The predicted molar refractivity (Wildman–Crippen MR) is 134 cm³/mol. The van der Waals surface area contributed by atoms with E-state index in [1.54, 1.807) is 36.4 Å². The van der Waals surface area contributed by atoms with Crippen molar-refractivity contribution in [2.24, 2.45) is 0 Å². The molecule has 0 saturated heterocycles. The van der Waals surface area contributed by atoms with Crippen molar-refractivity contribution in [2.45, 2.75) is 6.92 Å². The van der Waals surface area contributed by atoms with Crippen LogP contribution in [0.15, 0.2) is 83.5 Å². The normalized spacial score (nSPS) is 13.5. The number of anilines is 3. The highest BCUT2D eigenvalue weighted by atomic mass is 127. The molecule has 0 saturated carbocycles. The standard InChI is InChI=1S/C24H17ClIN3O3/c1-14-5-2-3-8-19(14)29-23(31)20(25)21(24(29)32)27-18-7-4-6-15(13-18)22(30)28-17-11-9-16(26)10-12-17/h2-13,27H,1H3,(H,28,30). The Bertz CT molecular complexity index is 1270. The van der Waals surface area contributed by atoms with Crippen LogP contribution in [0.2, 0.25) is 0 Å². The zero-order chi connectivity index (χ0) is 22.8. The van der Waals surface area contributed by atoms with E-state index in [4.69, 9.17) is 11.6 Å². The van der Waals surface area contributed by atoms with Gasteiger partial charge in [0.05, 0.1) is 5.69 Å². The summed E-state index contributed by atoms with van der Waals surface area (Å²) in [7, 11) is 0. The molecule has 0 unspecified atom stereocenters. The summed E-state index contributed by atoms with van der Waals surface area (Å²) in [5.41, 5.74) is 2.73. The summed E-state index contributed by atoms with van der Waals surface area (Å²) in [6.07, 6.45) is 0. The first-order valence-corrected chi connectivity index (χ1v) is 11.1. The first kappa shape index (κ1) is 22.0. The molecule has 1 aliphatic rings. The van der Waals surface area contributed by atoms with E-state index in [1.165, 1.54) is 0 Å². The molecule has 0 atom stereocenters. The molecule has 0 radical (unpaired) electrons. The number of para-hydroxylation sites is 1. The third-order valence-corrected chi connectivity index (χ3v) is 5.95. The highest BCUT2D eigenvalue weighted by molar-refractivity contribution is 14.1. The highest BCUT2D eigenvalue weighted by Gasteiger charge is 2.39. The zero-order valence-corrected chi connectivity index (χ0v) is 19.8. The second kappa shape index (κ2) is 9.13. The minimum atomic E-state index is -0.596. The number of aryl methyl sites for hydroxylation is 1. The van der Waals surface area contributed by atoms with Gasteiger partial charge in [-0.2, -0.15) is 0 Å². The van der Waals surface area contributed by atoms with Gasteiger partial charge in [-0.3, -0.25) is 14.4 Å². The molecule has 4 rings (SSSR count). The Morgan fingerprint density at radius 1 is 0.906 bits per heavy atom. The summed E-state index contributed by atoms with van der Waals surface area (Å²) in [6, 6.07) is 21.1. The monoisotopic (exact) mass is 557 g/mol. The molecule has 0 fully saturated rings. The quantitative estimate of drug-likeness (QED) is 0.330. The topological polar surface area (TPSA) is 78.5 Å². The molecule has 3 amide bonds. The smallest absolute Gasteiger partial charge is 0.283 e. The Morgan fingerprint density at radius 3 is 2.34 bits per heavy atom. The van der Waals surface area contributed by atoms with Crippen LogP contribution in [0.3, 0.4) is 0 Å². The molecule has 0 aromatic heterocycles. The SMILES string of the molecule is Cc1ccccc1N1C(=O)C(Cl)=C(Nc2cccc(C(=O)Nc3ccc(I)cc3)c2)C1=O. The van der Waals surface area contributed by atoms with Crippen molar-refractivity contribution in [3.63, 3.8) is 0 Å². The maximum Gasteiger partial charge on any atom is 0.283 e. The number of imide groups is 1. The first-order valence-electron chi connectivity index (χ1n) is 9.63. The summed E-state index contributed by atoms with van der Waals surface area (Å²) in [4.78, 5) is 39.4. The van der Waals surface area contributed by atoms with Crippen LogP contribution in [-0.2, 0) is 9.59 Å². The van der Waals surface area contributed by atoms with Crippen LogP contribution < -0.4 is 15.5 Å². The van der Waals surface area contributed by atoms with E-state index >= 15 is 0 Å². The van der Waals surface area contributed by atoms with E-state index < -0.39 is 11.8 Å². The van der Waals surface area contributed by atoms with Gasteiger partial charge in [-0.05, 0) is 83.6 Å². The number of nitrogens with one attached hydrogen (secondary N) is 2. The van der Waals surface area contributed by atoms with Crippen LogP contribution in [-0.4, -0.2) is 17.7 Å². The van der Waals surface area contributed by atoms with Gasteiger partial charge < -0.3 is 10.6 Å². The van der Waals surface area contributed by atoms with Gasteiger partial charge in [-0.15, -0.1) is 0 Å². The molecule has 0 spiro atoms. The lowest BCUT2D eigenvalue weighted by Crippen LogP contribution is -2.32. The van der Waals surface area contributed by atoms with Gasteiger partial charge in [0.1, 0.15) is 10.7 Å². The van der Waals surface area contributed by atoms with Crippen LogP contribution >= 0.6 is 34.2 Å². The molecule has 160 valence electrons. The minimum absolute atomic E-state index is 0.0323. The molecule has 32 heavy (non-hydrogen) atoms. The number of carbonyl (C=O) groups is 3. The Kier molecular flexibility index (Phi) is 6.29. The van der Waals surface area contributed by atoms with Crippen molar-refractivity contribution < 1.29 is 14.4 Å². The second-order valence-electron chi connectivity index (χ2n) is 7.09. The fraction of sp³-hybridized carbons (Fsp3) is 0.0417. The Labute approximate surface area is 203 Å². The maximum absolute atomic E-state index is 13.0. The largest absolute Gasteiger partial charge is 0.350 e. The van der Waals surface area contributed by atoms with E-state index in [9.17, 15) is 14.4 Å². The van der Waals surface area contributed by atoms with Crippen molar-refractivity contribution in [3.05, 3.63) is 98.2 Å². The van der Waals surface area contributed by atoms with E-state index in [0.717, 1.165) is 14.0 Å². The molecule has 0 bridgehead atoms. The molecule has 8 heteroatoms. The summed E-state index contributed by atoms with van der Waals surface area (Å²) >= 11 is 8.41. The van der Waals surface area contributed by atoms with Gasteiger partial charge in [0, 0.05) is 20.5 Å². The van der Waals surface area contributed by atoms with Crippen LogP contribution in [0, 0.1) is 10.5 Å². The fourth-order valence-corrected chi connectivity index (χ4v) is 3.84. The molecular formula is C24H17ClIN3O3. The number of amides is 3. The predicted octanol–water partition coefficient (Wildman–Crippen LogP) is 5.29. The lowest BCUT2D eigenvalue weighted by atomic mass is 10.1. The Hall–Kier alpha value is -3.17. The lowest BCUT2D eigenvalue weighted by Gasteiger charge is -2.17. The van der Waals surface area contributed by atoms with Gasteiger partial charge in [0.2, 0.25) is 0 Å². The summed E-state index contributed by atoms with van der Waals surface area (Å²) in [5, 5.41) is 5.54. The van der Waals surface area contributed by atoms with Crippen LogP contribution in [0.5, 0.6) is 0 Å². The first-order chi connectivity index (χ1) is 15.3. The number of hydrogen-bond acceptors (Lipinski definition) is 4. The minimum Gasteiger partial charge on any atom is -0.350 e. The fourth-order valence-electron chi connectivity index (χ4n) is 3.26. The maximum atomic E-state index is 13.0. The Morgan fingerprint density at radius 2 is 1.62 bits per heavy atom. The van der Waals surface area contributed by atoms with Gasteiger partial charge in [0.15, 0.2) is 0 Å². The van der Waals surface area contributed by atoms with E-state index in [1.807, 2.05) is 43.3 Å². The average molecular weight is 558 g/mol. The number of hydrogen-bond donors (Lipinski definition) is 2. The van der Waals surface area contributed by atoms with Gasteiger partial charge in [-0.1, -0.05) is 35.9 Å². The molecular weight excluding hydrogens is 541 g/mol. The number of benzene rings is 3. The van der Waals surface area contributed by atoms with E-state index in [-0.39, 0.29) is 16.6 Å². The lowest BCUT2D eigenvalue weighted by molar-refractivity contribution is -0.120. The zero-order valence-electron chi connectivity index (χ0n) is 16.9. The molecule has 2 N–H and O–H groups in total. The van der Waals surface area contributed by atoms with Crippen molar-refractivity contribution in [1.82, 2.24) is 0 Å². The van der Waals surface area contributed by atoms with E-state index in [2.05, 4.69) is 33.2 Å². The second-order valence-corrected chi connectivity index (χ2v) is 8.71. The molecule has 3 aromatic carbocycles. The number of carbonyl (C=O) groups excluding carboxylic acids is 3. The number of rotatable bonds is 5. The molecule has 0 aliphatic carbocycles. The van der Waals surface area contributed by atoms with Gasteiger partial charge in [0.25, 0.3) is 17.7 Å². The van der Waals surface area contributed by atoms with Crippen molar-refractivity contribution >= 4 is 69.0 Å². The third kappa shape index (κ3) is 4.39. The summed E-state index contributed by atoms with van der Waals surface area (Å²) in [6.45, 7) is 1.81. The molecule has 1 heterocycles.